The molecule has 0 saturated heterocycles. The van der Waals surface area contributed by atoms with Gasteiger partial charge < -0.3 is 15.1 Å². The van der Waals surface area contributed by atoms with Gasteiger partial charge in [-0.3, -0.25) is 4.79 Å². The first kappa shape index (κ1) is 20.0. The van der Waals surface area contributed by atoms with Gasteiger partial charge in [-0.05, 0) is 29.8 Å². The zero-order chi connectivity index (χ0) is 19.0. The highest BCUT2D eigenvalue weighted by molar-refractivity contribution is 5.94. The first-order valence-corrected chi connectivity index (χ1v) is 8.57. The van der Waals surface area contributed by atoms with Crippen LogP contribution in [0.5, 0.6) is 0 Å². The van der Waals surface area contributed by atoms with E-state index in [4.69, 9.17) is 10.2 Å². The van der Waals surface area contributed by atoms with Crippen LogP contribution in [0.3, 0.4) is 0 Å². The van der Waals surface area contributed by atoms with Crippen LogP contribution in [0, 0.1) is 11.6 Å². The van der Waals surface area contributed by atoms with E-state index in [1.165, 1.54) is 12.1 Å². The molecule has 1 amide bonds. The van der Waals surface area contributed by atoms with Crippen LogP contribution in [-0.2, 0) is 19.5 Å². The summed E-state index contributed by atoms with van der Waals surface area (Å²) in [5.41, 5.74) is 7.95. The van der Waals surface area contributed by atoms with E-state index in [0.29, 0.717) is 36.5 Å². The number of hydrogen-bond donors (Lipinski definition) is 1. The molecule has 0 radical (unpaired) electrons. The molecule has 1 aliphatic rings. The Morgan fingerprint density at radius 1 is 1.14 bits per heavy atom. The van der Waals surface area contributed by atoms with E-state index in [2.05, 4.69) is 4.98 Å². The molecule has 0 saturated carbocycles. The number of carbonyl (C=O) groups is 1. The first-order valence-electron chi connectivity index (χ1n) is 8.57. The van der Waals surface area contributed by atoms with Crippen LogP contribution in [0.4, 0.5) is 8.78 Å². The summed E-state index contributed by atoms with van der Waals surface area (Å²) in [6.45, 7) is 1.19. The van der Waals surface area contributed by atoms with Gasteiger partial charge in [-0.1, -0.05) is 12.1 Å². The van der Waals surface area contributed by atoms with Crippen LogP contribution in [-0.4, -0.2) is 22.3 Å². The van der Waals surface area contributed by atoms with E-state index in [9.17, 15) is 13.6 Å². The maximum atomic E-state index is 13.4. The zero-order valence-corrected chi connectivity index (χ0v) is 15.6. The SMILES string of the molecule is Cl.NCc1ccc(C(=O)N2CCc3oc(-c4cc(F)cc(F)c4)nc3C2)cc1. The fraction of sp³-hybridized carbons (Fsp3) is 0.200. The fourth-order valence-corrected chi connectivity index (χ4v) is 3.14. The van der Waals surface area contributed by atoms with Crippen molar-refractivity contribution in [3.05, 3.63) is 76.7 Å². The molecule has 0 unspecified atom stereocenters. The maximum Gasteiger partial charge on any atom is 0.254 e. The summed E-state index contributed by atoms with van der Waals surface area (Å²) in [6, 6.07) is 10.3. The van der Waals surface area contributed by atoms with E-state index in [1.54, 1.807) is 17.0 Å². The highest BCUT2D eigenvalue weighted by Crippen LogP contribution is 2.28. The molecule has 0 spiro atoms. The summed E-state index contributed by atoms with van der Waals surface area (Å²) in [5.74, 6) is -0.708. The Kier molecular flexibility index (Phi) is 5.76. The lowest BCUT2D eigenvalue weighted by molar-refractivity contribution is 0.0728. The standard InChI is InChI=1S/C20H17F2N3O2.ClH/c21-15-7-14(8-16(22)9-15)19-24-17-11-25(6-5-18(17)27-19)20(26)13-3-1-12(10-23)2-4-13;/h1-4,7-9H,5-6,10-11,23H2;1H. The predicted molar refractivity (Wildman–Crippen MR) is 102 cm³/mol. The average molecular weight is 406 g/mol. The second kappa shape index (κ2) is 8.08. The summed E-state index contributed by atoms with van der Waals surface area (Å²) in [6.07, 6.45) is 0.493. The first-order chi connectivity index (χ1) is 13.0. The summed E-state index contributed by atoms with van der Waals surface area (Å²) in [5, 5.41) is 0. The van der Waals surface area contributed by atoms with Gasteiger partial charge in [0.25, 0.3) is 5.91 Å². The number of oxazole rings is 1. The molecule has 28 heavy (non-hydrogen) atoms. The van der Waals surface area contributed by atoms with Crippen molar-refractivity contribution in [3.63, 3.8) is 0 Å². The molecule has 1 aromatic heterocycles. The molecule has 0 aliphatic carbocycles. The number of rotatable bonds is 3. The van der Waals surface area contributed by atoms with Crippen LogP contribution >= 0.6 is 12.4 Å². The lowest BCUT2D eigenvalue weighted by Gasteiger charge is -2.25. The normalized spacial score (nSPS) is 13.0. The molecule has 0 fully saturated rings. The lowest BCUT2D eigenvalue weighted by Crippen LogP contribution is -2.35. The molecule has 4 rings (SSSR count). The van der Waals surface area contributed by atoms with Crippen molar-refractivity contribution in [2.75, 3.05) is 6.54 Å². The molecular weight excluding hydrogens is 388 g/mol. The minimum absolute atomic E-state index is 0. The Bertz CT molecular complexity index is 985. The van der Waals surface area contributed by atoms with Crippen LogP contribution in [0.2, 0.25) is 0 Å². The maximum absolute atomic E-state index is 13.4. The third-order valence-corrected chi connectivity index (χ3v) is 4.56. The molecule has 3 aromatic rings. The van der Waals surface area contributed by atoms with Gasteiger partial charge in [-0.2, -0.15) is 0 Å². The van der Waals surface area contributed by atoms with Gasteiger partial charge in [0.05, 0.1) is 6.54 Å². The molecule has 5 nitrogen and oxygen atoms in total. The lowest BCUT2D eigenvalue weighted by atomic mass is 10.1. The van der Waals surface area contributed by atoms with Crippen LogP contribution < -0.4 is 5.73 Å². The molecule has 1 aliphatic heterocycles. The minimum Gasteiger partial charge on any atom is -0.441 e. The molecule has 2 N–H and O–H groups in total. The van der Waals surface area contributed by atoms with Crippen LogP contribution in [0.1, 0.15) is 27.4 Å². The van der Waals surface area contributed by atoms with Gasteiger partial charge >= 0.3 is 0 Å². The van der Waals surface area contributed by atoms with Crippen molar-refractivity contribution < 1.29 is 18.0 Å². The van der Waals surface area contributed by atoms with Crippen LogP contribution in [0.15, 0.2) is 46.9 Å². The third-order valence-electron chi connectivity index (χ3n) is 4.56. The van der Waals surface area contributed by atoms with Crippen molar-refractivity contribution in [3.8, 4) is 11.5 Å². The van der Waals surface area contributed by atoms with Gasteiger partial charge in [0.15, 0.2) is 0 Å². The highest BCUT2D eigenvalue weighted by Gasteiger charge is 2.26. The number of carbonyl (C=O) groups excluding carboxylic acids is 1. The number of aromatic nitrogens is 1. The van der Waals surface area contributed by atoms with E-state index in [1.807, 2.05) is 12.1 Å². The van der Waals surface area contributed by atoms with E-state index in [0.717, 1.165) is 11.6 Å². The Morgan fingerprint density at radius 2 is 1.82 bits per heavy atom. The Morgan fingerprint density at radius 3 is 2.46 bits per heavy atom. The molecule has 8 heteroatoms. The number of nitrogens with two attached hydrogens (primary N) is 1. The van der Waals surface area contributed by atoms with Gasteiger partial charge in [0.1, 0.15) is 23.1 Å². The van der Waals surface area contributed by atoms with E-state index < -0.39 is 11.6 Å². The number of benzene rings is 2. The number of amides is 1. The zero-order valence-electron chi connectivity index (χ0n) is 14.8. The number of hydrogen-bond acceptors (Lipinski definition) is 4. The second-order valence-electron chi connectivity index (χ2n) is 6.42. The minimum atomic E-state index is -0.695. The Labute approximate surface area is 166 Å². The molecular formula is C20H18ClF2N3O2. The molecule has 146 valence electrons. The summed E-state index contributed by atoms with van der Waals surface area (Å²) < 4.78 is 32.5. The van der Waals surface area contributed by atoms with Crippen molar-refractivity contribution in [1.29, 1.82) is 0 Å². The van der Waals surface area contributed by atoms with Crippen molar-refractivity contribution in [2.45, 2.75) is 19.5 Å². The molecule has 0 atom stereocenters. The Balaban J connectivity index is 0.00000225. The largest absolute Gasteiger partial charge is 0.441 e. The quantitative estimate of drug-likeness (QED) is 0.721. The molecule has 2 aromatic carbocycles. The summed E-state index contributed by atoms with van der Waals surface area (Å²) in [7, 11) is 0. The van der Waals surface area contributed by atoms with Crippen molar-refractivity contribution >= 4 is 18.3 Å². The molecule has 0 bridgehead atoms. The Hall–Kier alpha value is -2.77. The monoisotopic (exact) mass is 405 g/mol. The van der Waals surface area contributed by atoms with Crippen molar-refractivity contribution in [1.82, 2.24) is 9.88 Å². The number of nitrogens with zero attached hydrogens (tertiary/aromatic N) is 2. The van der Waals surface area contributed by atoms with E-state index in [-0.39, 0.29) is 36.3 Å². The highest BCUT2D eigenvalue weighted by atomic mass is 35.5. The number of halogens is 3. The topological polar surface area (TPSA) is 72.4 Å². The van der Waals surface area contributed by atoms with Gasteiger partial charge in [0.2, 0.25) is 5.89 Å². The second-order valence-corrected chi connectivity index (χ2v) is 6.42. The molecule has 2 heterocycles. The van der Waals surface area contributed by atoms with Gasteiger partial charge in [-0.15, -0.1) is 12.4 Å². The van der Waals surface area contributed by atoms with E-state index >= 15 is 0 Å². The van der Waals surface area contributed by atoms with Crippen molar-refractivity contribution in [2.24, 2.45) is 5.73 Å². The fourth-order valence-electron chi connectivity index (χ4n) is 3.14. The average Bonchev–Trinajstić information content (AvgIpc) is 3.10. The summed E-state index contributed by atoms with van der Waals surface area (Å²) >= 11 is 0. The summed E-state index contributed by atoms with van der Waals surface area (Å²) in [4.78, 5) is 18.7. The van der Waals surface area contributed by atoms with Gasteiger partial charge in [-0.25, -0.2) is 13.8 Å². The predicted octanol–water partition coefficient (Wildman–Crippen LogP) is 3.70. The van der Waals surface area contributed by atoms with Crippen LogP contribution in [0.25, 0.3) is 11.5 Å². The van der Waals surface area contributed by atoms with Gasteiger partial charge in [0, 0.05) is 36.7 Å². The number of fused-ring (bicyclic) bond motifs is 1. The smallest absolute Gasteiger partial charge is 0.254 e. The third kappa shape index (κ3) is 3.90.